The average molecular weight is 1050 g/mol. The van der Waals surface area contributed by atoms with Crippen LogP contribution in [0.4, 0.5) is 21.5 Å². The van der Waals surface area contributed by atoms with Gasteiger partial charge in [0.05, 0.1) is 32.4 Å². The Kier molecular flexibility index (Phi) is 13.7. The van der Waals surface area contributed by atoms with Crippen LogP contribution in [0.25, 0.3) is 11.0 Å². The van der Waals surface area contributed by atoms with Gasteiger partial charge in [-0.25, -0.2) is 17.5 Å². The number of hydrogen-bond acceptors (Lipinski definition) is 14. The number of ether oxygens (including phenoxy) is 3. The maximum atomic E-state index is 15.2. The Balaban J connectivity index is 0.856. The molecule has 0 bridgehead atoms. The fraction of sp³-hybridized carbons (Fsp3) is 0.536. The predicted octanol–water partition coefficient (Wildman–Crippen LogP) is 9.47. The Hall–Kier alpha value is -6.02. The smallest absolute Gasteiger partial charge is 0.297 e. The molecular formula is C56H69FN8O9S. The summed E-state index contributed by atoms with van der Waals surface area (Å²) in [5.41, 5.74) is 2.76. The molecule has 2 aliphatic carbocycles. The van der Waals surface area contributed by atoms with Gasteiger partial charge in [-0.05, 0) is 125 Å². The number of carbonyl (C=O) groups is 1. The fourth-order valence-corrected chi connectivity index (χ4v) is 13.9. The Morgan fingerprint density at radius 3 is 2.45 bits per heavy atom. The molecule has 17 nitrogen and oxygen atoms in total. The van der Waals surface area contributed by atoms with E-state index in [4.69, 9.17) is 14.2 Å². The van der Waals surface area contributed by atoms with E-state index >= 15 is 4.39 Å². The number of likely N-dealkylation sites (tertiary alicyclic amines) is 2. The summed E-state index contributed by atoms with van der Waals surface area (Å²) in [7, 11) is -2.73. The van der Waals surface area contributed by atoms with Gasteiger partial charge in [0.15, 0.2) is 17.2 Å². The monoisotopic (exact) mass is 1050 g/mol. The molecular weight excluding hydrogens is 980 g/mol. The maximum absolute atomic E-state index is 15.2. The number of piperidine rings is 2. The number of hydrogen-bond donors (Lipinski definition) is 4. The van der Waals surface area contributed by atoms with Gasteiger partial charge in [-0.15, -0.1) is 0 Å². The summed E-state index contributed by atoms with van der Waals surface area (Å²) < 4.78 is 65.0. The summed E-state index contributed by atoms with van der Waals surface area (Å²) in [5.74, 6) is -0.468. The summed E-state index contributed by atoms with van der Waals surface area (Å²) in [6.45, 7) is 11.7. The van der Waals surface area contributed by atoms with Crippen LogP contribution < -0.4 is 29.1 Å². The number of aliphatic hydroxyl groups is 1. The maximum Gasteiger partial charge on any atom is 0.297 e. The Bertz CT molecular complexity index is 3080. The van der Waals surface area contributed by atoms with Crippen molar-refractivity contribution in [2.45, 2.75) is 132 Å². The molecule has 3 aromatic carbocycles. The molecule has 6 heterocycles. The van der Waals surface area contributed by atoms with Crippen LogP contribution in [0, 0.1) is 27.3 Å². The third-order valence-corrected chi connectivity index (χ3v) is 18.7. The lowest BCUT2D eigenvalue weighted by molar-refractivity contribution is -0.384. The molecule has 3 atom stereocenters. The molecule has 1 spiro atoms. The lowest BCUT2D eigenvalue weighted by Gasteiger charge is -2.57. The second kappa shape index (κ2) is 20.2. The van der Waals surface area contributed by atoms with Crippen LogP contribution in [0.15, 0.2) is 71.8 Å². The van der Waals surface area contributed by atoms with E-state index in [9.17, 15) is 28.4 Å². The SMILES string of the molecule is CC(C)c1ccccc1[C@@H]1CCCC1N1CC2(CCN(c3ccc(C(=O)NS(=O)(=O)c4cc5c(c([N+](=O)[O-])c4)N[C@@H](C4CCC(C)(O)CC4)CO5)c(Oc4cc5c(F)c[nH]c5nc4OC4CCN(C)CC4)c3)CC2)C1. The van der Waals surface area contributed by atoms with Crippen LogP contribution >= 0.6 is 0 Å². The van der Waals surface area contributed by atoms with Crippen molar-refractivity contribution in [1.82, 2.24) is 24.5 Å². The first kappa shape index (κ1) is 51.1. The van der Waals surface area contributed by atoms with Crippen LogP contribution in [0.5, 0.6) is 23.1 Å². The molecule has 4 N–H and O–H groups in total. The summed E-state index contributed by atoms with van der Waals surface area (Å²) in [4.78, 5) is 40.5. The van der Waals surface area contributed by atoms with E-state index in [2.05, 4.69) is 72.8 Å². The molecule has 19 heteroatoms. The first-order chi connectivity index (χ1) is 35.9. The van der Waals surface area contributed by atoms with Gasteiger partial charge in [-0.1, -0.05) is 44.5 Å². The van der Waals surface area contributed by atoms with Crippen LogP contribution in [-0.2, 0) is 10.0 Å². The Morgan fingerprint density at radius 1 is 0.973 bits per heavy atom. The van der Waals surface area contributed by atoms with Crippen molar-refractivity contribution in [2.24, 2.45) is 11.3 Å². The average Bonchev–Trinajstić information content (AvgIpc) is 4.02. The molecule has 400 valence electrons. The van der Waals surface area contributed by atoms with Crippen molar-refractivity contribution in [3.8, 4) is 23.1 Å². The van der Waals surface area contributed by atoms with E-state index in [0.29, 0.717) is 56.4 Å². The normalized spacial score (nSPS) is 25.3. The van der Waals surface area contributed by atoms with Gasteiger partial charge in [0.25, 0.3) is 27.5 Å². The van der Waals surface area contributed by atoms with Gasteiger partial charge in [-0.2, -0.15) is 4.98 Å². The largest absolute Gasteiger partial charge is 0.489 e. The second-order valence-corrected chi connectivity index (χ2v) is 24.6. The number of rotatable bonds is 13. The molecule has 75 heavy (non-hydrogen) atoms. The molecule has 6 aliphatic rings. The van der Waals surface area contributed by atoms with E-state index in [1.807, 2.05) is 7.05 Å². The number of nitrogens with one attached hydrogen (secondary N) is 3. The summed E-state index contributed by atoms with van der Waals surface area (Å²) in [6.07, 6.45) is 10.5. The van der Waals surface area contributed by atoms with Crippen LogP contribution in [-0.4, -0.2) is 121 Å². The zero-order chi connectivity index (χ0) is 52.4. The summed E-state index contributed by atoms with van der Waals surface area (Å²) >= 11 is 0. The number of amides is 1. The Labute approximate surface area is 437 Å². The van der Waals surface area contributed by atoms with E-state index in [0.717, 1.165) is 63.9 Å². The highest BCUT2D eigenvalue weighted by molar-refractivity contribution is 7.90. The molecule has 5 fully saturated rings. The van der Waals surface area contributed by atoms with Gasteiger partial charge in [0.2, 0.25) is 0 Å². The number of halogens is 1. The topological polar surface area (TPSA) is 205 Å². The van der Waals surface area contributed by atoms with Crippen LogP contribution in [0.2, 0.25) is 0 Å². The minimum absolute atomic E-state index is 0.0196. The van der Waals surface area contributed by atoms with Gasteiger partial charge in [0.1, 0.15) is 29.9 Å². The molecule has 4 aliphatic heterocycles. The molecule has 11 rings (SSSR count). The van der Waals surface area contributed by atoms with E-state index in [1.165, 1.54) is 54.8 Å². The highest BCUT2D eigenvalue weighted by atomic mass is 32.2. The van der Waals surface area contributed by atoms with Crippen molar-refractivity contribution in [2.75, 3.05) is 63.1 Å². The molecule has 1 amide bonds. The minimum atomic E-state index is -4.77. The summed E-state index contributed by atoms with van der Waals surface area (Å²) in [5, 5.41) is 26.4. The van der Waals surface area contributed by atoms with Crippen LogP contribution in [0.1, 0.15) is 125 Å². The molecule has 0 radical (unpaired) electrons. The van der Waals surface area contributed by atoms with E-state index < -0.39 is 42.9 Å². The predicted molar refractivity (Wildman–Crippen MR) is 283 cm³/mol. The van der Waals surface area contributed by atoms with Gasteiger partial charge in [-0.3, -0.25) is 19.8 Å². The summed E-state index contributed by atoms with van der Waals surface area (Å²) in [6, 6.07) is 17.7. The zero-order valence-electron chi connectivity index (χ0n) is 43.3. The lowest BCUT2D eigenvalue weighted by atomic mass is 9.70. The zero-order valence-corrected chi connectivity index (χ0v) is 44.1. The number of nitro benzene ring substituents is 1. The number of benzene rings is 3. The quantitative estimate of drug-likeness (QED) is 0.0641. The number of carbonyl (C=O) groups excluding carboxylic acids is 1. The molecule has 3 saturated heterocycles. The van der Waals surface area contributed by atoms with Crippen molar-refractivity contribution in [1.29, 1.82) is 0 Å². The lowest BCUT2D eigenvalue weighted by Crippen LogP contribution is -2.63. The number of nitrogens with zero attached hydrogens (tertiary/aromatic N) is 5. The highest BCUT2D eigenvalue weighted by Crippen LogP contribution is 2.50. The number of pyridine rings is 1. The number of sulfonamides is 1. The number of aromatic nitrogens is 2. The Morgan fingerprint density at radius 2 is 1.72 bits per heavy atom. The van der Waals surface area contributed by atoms with E-state index in [-0.39, 0.29) is 75.5 Å². The third-order valence-electron chi connectivity index (χ3n) is 17.4. The first-order valence-corrected chi connectivity index (χ1v) is 28.3. The van der Waals surface area contributed by atoms with Gasteiger partial charge < -0.3 is 39.4 Å². The third kappa shape index (κ3) is 10.4. The number of nitro groups is 1. The molecule has 1 unspecified atom stereocenters. The van der Waals surface area contributed by atoms with Gasteiger partial charge >= 0.3 is 0 Å². The van der Waals surface area contributed by atoms with Crippen LogP contribution in [0.3, 0.4) is 0 Å². The molecule has 5 aromatic rings. The standard InChI is InChI=1S/C56H69FN8O9S/c1-34(2)39-8-5-6-9-40(39)41-10-7-11-46(41)64-32-56(33-64)20-24-63(25-21-56)36-12-13-42(48(26-36)74-50-29-43-44(57)30-58-52(43)60-54(50)73-37-16-22-62(4)23-17-37)53(66)61-75(70,71)38-27-47(65(68)69)51-49(28-38)72-31-45(59-51)35-14-18-55(3,67)19-15-35/h5-6,8-9,12-13,26-30,34-35,37,41,45-46,59,67H,7,10-11,14-25,31-33H2,1-4H3,(H,58,60)(H,61,66)/t35?,41-,45+,46?,55?/m0/s1. The van der Waals surface area contributed by atoms with Gasteiger partial charge in [0, 0.05) is 81.5 Å². The number of H-pyrrole nitrogens is 1. The second-order valence-electron chi connectivity index (χ2n) is 22.9. The molecule has 2 saturated carbocycles. The number of fused-ring (bicyclic) bond motifs is 2. The van der Waals surface area contributed by atoms with Crippen molar-refractivity contribution in [3.05, 3.63) is 99.5 Å². The van der Waals surface area contributed by atoms with Crippen molar-refractivity contribution >= 4 is 44.0 Å². The first-order valence-electron chi connectivity index (χ1n) is 26.9. The van der Waals surface area contributed by atoms with Crippen molar-refractivity contribution < 1.29 is 41.8 Å². The molecule has 2 aromatic heterocycles. The van der Waals surface area contributed by atoms with Crippen molar-refractivity contribution in [3.63, 3.8) is 0 Å². The number of aromatic amines is 1. The minimum Gasteiger partial charge on any atom is -0.489 e. The highest BCUT2D eigenvalue weighted by Gasteiger charge is 2.50. The number of anilines is 2. The van der Waals surface area contributed by atoms with E-state index in [1.54, 1.807) is 19.1 Å². The fourth-order valence-electron chi connectivity index (χ4n) is 12.9.